The Bertz CT molecular complexity index is 497. The fourth-order valence-electron chi connectivity index (χ4n) is 2.71. The maximum atomic E-state index is 12.4. The van der Waals surface area contributed by atoms with Gasteiger partial charge in [-0.05, 0) is 39.2 Å². The molecule has 1 amide bonds. The fourth-order valence-corrected chi connectivity index (χ4v) is 2.71. The van der Waals surface area contributed by atoms with Crippen LogP contribution in [0.5, 0.6) is 0 Å². The summed E-state index contributed by atoms with van der Waals surface area (Å²) in [5.41, 5.74) is 0.602. The molecule has 0 saturated carbocycles. The molecule has 0 radical (unpaired) electrons. The Morgan fingerprint density at radius 2 is 1.91 bits per heavy atom. The summed E-state index contributed by atoms with van der Waals surface area (Å²) in [6.45, 7) is 6.61. The van der Waals surface area contributed by atoms with Gasteiger partial charge in [0.15, 0.2) is 0 Å². The van der Waals surface area contributed by atoms with Gasteiger partial charge in [0.1, 0.15) is 11.8 Å². The molecule has 1 aromatic carbocycles. The van der Waals surface area contributed by atoms with Crippen LogP contribution in [0.15, 0.2) is 30.3 Å². The van der Waals surface area contributed by atoms with Gasteiger partial charge in [0.25, 0.3) is 0 Å². The van der Waals surface area contributed by atoms with Gasteiger partial charge < -0.3 is 14.2 Å². The van der Waals surface area contributed by atoms with Gasteiger partial charge in [-0.1, -0.05) is 30.3 Å². The number of benzene rings is 1. The molecule has 0 spiro atoms. The lowest BCUT2D eigenvalue weighted by Crippen LogP contribution is -2.46. The summed E-state index contributed by atoms with van der Waals surface area (Å²) in [7, 11) is 1.62. The quantitative estimate of drug-likeness (QED) is 0.832. The molecule has 1 heterocycles. The highest BCUT2D eigenvalue weighted by Gasteiger charge is 2.39. The molecule has 2 atom stereocenters. The summed E-state index contributed by atoms with van der Waals surface area (Å²) in [4.78, 5) is 14.1. The first-order chi connectivity index (χ1) is 10.9. The Labute approximate surface area is 138 Å². The standard InChI is InChI=1S/C18H27NO4/c1-18(2,3)23-17(20)19-15(10-11-16(19)21-4)13-22-12-14-8-6-5-7-9-14/h5-9,15-16H,10-13H2,1-4H3/t15-,16?/m0/s1. The van der Waals surface area contributed by atoms with E-state index in [2.05, 4.69) is 0 Å². The van der Waals surface area contributed by atoms with E-state index in [0.29, 0.717) is 13.2 Å². The molecule has 0 N–H and O–H groups in total. The van der Waals surface area contributed by atoms with Gasteiger partial charge in [-0.25, -0.2) is 4.79 Å². The second-order valence-corrected chi connectivity index (χ2v) is 6.81. The molecule has 1 saturated heterocycles. The maximum absolute atomic E-state index is 12.4. The number of likely N-dealkylation sites (tertiary alicyclic amines) is 1. The molecule has 23 heavy (non-hydrogen) atoms. The van der Waals surface area contributed by atoms with E-state index < -0.39 is 5.60 Å². The van der Waals surface area contributed by atoms with E-state index in [0.717, 1.165) is 18.4 Å². The minimum Gasteiger partial charge on any atom is -0.444 e. The molecule has 0 bridgehead atoms. The highest BCUT2D eigenvalue weighted by molar-refractivity contribution is 5.69. The van der Waals surface area contributed by atoms with Crippen molar-refractivity contribution >= 4 is 6.09 Å². The van der Waals surface area contributed by atoms with Crippen molar-refractivity contribution in [1.29, 1.82) is 0 Å². The molecule has 0 aromatic heterocycles. The number of carbonyl (C=O) groups is 1. The Balaban J connectivity index is 1.92. The Hall–Kier alpha value is -1.59. The first-order valence-corrected chi connectivity index (χ1v) is 8.06. The normalized spacial score (nSPS) is 21.5. The highest BCUT2D eigenvalue weighted by Crippen LogP contribution is 2.27. The fraction of sp³-hybridized carbons (Fsp3) is 0.611. The average molecular weight is 321 g/mol. The molecule has 5 nitrogen and oxygen atoms in total. The summed E-state index contributed by atoms with van der Waals surface area (Å²) in [6, 6.07) is 9.99. The third-order valence-electron chi connectivity index (χ3n) is 3.75. The van der Waals surface area contributed by atoms with Crippen LogP contribution in [-0.4, -0.2) is 42.6 Å². The van der Waals surface area contributed by atoms with E-state index in [1.54, 1.807) is 12.0 Å². The summed E-state index contributed by atoms with van der Waals surface area (Å²) in [6.07, 6.45) is 1.08. The van der Waals surface area contributed by atoms with Crippen molar-refractivity contribution in [2.24, 2.45) is 0 Å². The van der Waals surface area contributed by atoms with Gasteiger partial charge in [0, 0.05) is 7.11 Å². The van der Waals surface area contributed by atoms with E-state index in [9.17, 15) is 4.79 Å². The number of methoxy groups -OCH3 is 1. The first-order valence-electron chi connectivity index (χ1n) is 8.06. The summed E-state index contributed by atoms with van der Waals surface area (Å²) in [5.74, 6) is 0. The van der Waals surface area contributed by atoms with Gasteiger partial charge in [-0.3, -0.25) is 4.90 Å². The van der Waals surface area contributed by atoms with E-state index in [4.69, 9.17) is 14.2 Å². The van der Waals surface area contributed by atoms with Gasteiger partial charge >= 0.3 is 6.09 Å². The molecule has 0 aliphatic carbocycles. The number of hydrogen-bond donors (Lipinski definition) is 0. The second-order valence-electron chi connectivity index (χ2n) is 6.81. The van der Waals surface area contributed by atoms with Gasteiger partial charge in [-0.15, -0.1) is 0 Å². The van der Waals surface area contributed by atoms with Crippen molar-refractivity contribution in [2.45, 2.75) is 58.1 Å². The van der Waals surface area contributed by atoms with Crippen LogP contribution in [-0.2, 0) is 20.8 Å². The van der Waals surface area contributed by atoms with Crippen molar-refractivity contribution in [3.63, 3.8) is 0 Å². The van der Waals surface area contributed by atoms with E-state index in [-0.39, 0.29) is 18.4 Å². The van der Waals surface area contributed by atoms with Crippen molar-refractivity contribution in [3.8, 4) is 0 Å². The lowest BCUT2D eigenvalue weighted by molar-refractivity contribution is -0.0528. The van der Waals surface area contributed by atoms with Crippen LogP contribution < -0.4 is 0 Å². The third kappa shape index (κ3) is 5.22. The summed E-state index contributed by atoms with van der Waals surface area (Å²) in [5, 5.41) is 0. The number of ether oxygens (including phenoxy) is 3. The van der Waals surface area contributed by atoms with Crippen molar-refractivity contribution in [3.05, 3.63) is 35.9 Å². The van der Waals surface area contributed by atoms with E-state index in [1.165, 1.54) is 0 Å². The lowest BCUT2D eigenvalue weighted by Gasteiger charge is -2.31. The Morgan fingerprint density at radius 3 is 2.52 bits per heavy atom. The molecule has 1 unspecified atom stereocenters. The number of rotatable bonds is 5. The minimum atomic E-state index is -0.520. The highest BCUT2D eigenvalue weighted by atomic mass is 16.6. The Kier molecular flexibility index (Phi) is 6.02. The van der Waals surface area contributed by atoms with Crippen LogP contribution in [0, 0.1) is 0 Å². The molecule has 5 heteroatoms. The second kappa shape index (κ2) is 7.79. The predicted molar refractivity (Wildman–Crippen MR) is 88.0 cm³/mol. The molecular weight excluding hydrogens is 294 g/mol. The molecular formula is C18H27NO4. The van der Waals surface area contributed by atoms with Gasteiger partial charge in [0.05, 0.1) is 19.3 Å². The van der Waals surface area contributed by atoms with Crippen molar-refractivity contribution in [2.75, 3.05) is 13.7 Å². The number of nitrogens with zero attached hydrogens (tertiary/aromatic N) is 1. The topological polar surface area (TPSA) is 48.0 Å². The maximum Gasteiger partial charge on any atom is 0.412 e. The zero-order valence-electron chi connectivity index (χ0n) is 14.5. The molecule has 2 rings (SSSR count). The van der Waals surface area contributed by atoms with E-state index in [1.807, 2.05) is 51.1 Å². The first kappa shape index (κ1) is 17.8. The smallest absolute Gasteiger partial charge is 0.412 e. The lowest BCUT2D eigenvalue weighted by atomic mass is 10.2. The van der Waals surface area contributed by atoms with Crippen LogP contribution in [0.1, 0.15) is 39.2 Å². The molecule has 1 aliphatic rings. The van der Waals surface area contributed by atoms with E-state index >= 15 is 0 Å². The number of carbonyl (C=O) groups excluding carboxylic acids is 1. The zero-order valence-corrected chi connectivity index (χ0v) is 14.5. The molecule has 128 valence electrons. The zero-order chi connectivity index (χ0) is 16.9. The van der Waals surface area contributed by atoms with Crippen molar-refractivity contribution < 1.29 is 19.0 Å². The largest absolute Gasteiger partial charge is 0.444 e. The molecule has 1 fully saturated rings. The number of hydrogen-bond acceptors (Lipinski definition) is 4. The Morgan fingerprint density at radius 1 is 1.22 bits per heavy atom. The average Bonchev–Trinajstić information content (AvgIpc) is 2.90. The minimum absolute atomic E-state index is 0.0153. The summed E-state index contributed by atoms with van der Waals surface area (Å²) >= 11 is 0. The SMILES string of the molecule is COC1CC[C@@H](COCc2ccccc2)N1C(=O)OC(C)(C)C. The monoisotopic (exact) mass is 321 g/mol. The predicted octanol–water partition coefficient (Wildman–Crippen LogP) is 3.58. The van der Waals surface area contributed by atoms with Gasteiger partial charge in [-0.2, -0.15) is 0 Å². The van der Waals surface area contributed by atoms with Crippen LogP contribution in [0.2, 0.25) is 0 Å². The van der Waals surface area contributed by atoms with Gasteiger partial charge in [0.2, 0.25) is 0 Å². The third-order valence-corrected chi connectivity index (χ3v) is 3.75. The van der Waals surface area contributed by atoms with Crippen LogP contribution in [0.3, 0.4) is 0 Å². The van der Waals surface area contributed by atoms with Crippen LogP contribution in [0.4, 0.5) is 4.79 Å². The van der Waals surface area contributed by atoms with Crippen LogP contribution >= 0.6 is 0 Å². The van der Waals surface area contributed by atoms with Crippen LogP contribution in [0.25, 0.3) is 0 Å². The molecule has 1 aromatic rings. The number of amides is 1. The van der Waals surface area contributed by atoms with Crippen molar-refractivity contribution in [1.82, 2.24) is 4.90 Å². The molecule has 1 aliphatic heterocycles. The summed E-state index contributed by atoms with van der Waals surface area (Å²) < 4.78 is 16.7.